The minimum absolute atomic E-state index is 0.167. The van der Waals surface area contributed by atoms with E-state index in [4.69, 9.17) is 9.47 Å². The van der Waals surface area contributed by atoms with E-state index in [9.17, 15) is 0 Å². The summed E-state index contributed by atoms with van der Waals surface area (Å²) in [6.07, 6.45) is 2.98. The van der Waals surface area contributed by atoms with E-state index in [2.05, 4.69) is 28.1 Å². The van der Waals surface area contributed by atoms with Crippen molar-refractivity contribution < 1.29 is 9.47 Å². The lowest BCUT2D eigenvalue weighted by Crippen LogP contribution is -2.34. The van der Waals surface area contributed by atoms with Crippen molar-refractivity contribution in [3.05, 3.63) is 29.3 Å². The Morgan fingerprint density at radius 1 is 1.50 bits per heavy atom. The van der Waals surface area contributed by atoms with Crippen molar-refractivity contribution in [3.8, 4) is 10.9 Å². The molecule has 20 heavy (non-hydrogen) atoms. The Kier molecular flexibility index (Phi) is 5.12. The predicted octanol–water partition coefficient (Wildman–Crippen LogP) is 2.61. The van der Waals surface area contributed by atoms with E-state index in [1.54, 1.807) is 7.11 Å². The Balaban J connectivity index is 2.23. The molecule has 0 amide bonds. The van der Waals surface area contributed by atoms with Crippen molar-refractivity contribution in [2.45, 2.75) is 26.5 Å². The van der Waals surface area contributed by atoms with Crippen LogP contribution >= 0.6 is 10.5 Å². The van der Waals surface area contributed by atoms with Gasteiger partial charge in [-0.1, -0.05) is 22.6 Å². The molecule has 1 aromatic carbocycles. The van der Waals surface area contributed by atoms with Gasteiger partial charge in [0.25, 0.3) is 0 Å². The van der Waals surface area contributed by atoms with Crippen LogP contribution in [0.3, 0.4) is 0 Å². The van der Waals surface area contributed by atoms with E-state index in [1.807, 2.05) is 25.1 Å². The maximum Gasteiger partial charge on any atom is 0.229 e. The fourth-order valence-corrected chi connectivity index (χ4v) is 2.95. The second-order valence-electron chi connectivity index (χ2n) is 4.69. The standard InChI is InChI=1S/C15H22N2O2S/c1-5-8-16-14-10-20(4)17-15(19-14)13-7-6-12(18-3)9-11(13)2/h6-7,9,14,16,20H,5,8H2,1-4H3. The summed E-state index contributed by atoms with van der Waals surface area (Å²) in [6.45, 7) is 5.08. The molecular formula is C15H22N2O2S. The maximum absolute atomic E-state index is 5.90. The van der Waals surface area contributed by atoms with Crippen molar-refractivity contribution in [1.29, 1.82) is 0 Å². The summed E-state index contributed by atoms with van der Waals surface area (Å²) in [7, 11) is 1.05. The van der Waals surface area contributed by atoms with Crippen molar-refractivity contribution in [2.24, 2.45) is 4.40 Å². The number of nitrogens with one attached hydrogen (secondary N) is 1. The highest BCUT2D eigenvalue weighted by Gasteiger charge is 2.17. The highest BCUT2D eigenvalue weighted by atomic mass is 32.2. The molecule has 5 heteroatoms. The number of ether oxygens (including phenoxy) is 2. The van der Waals surface area contributed by atoms with Gasteiger partial charge in [0.1, 0.15) is 5.75 Å². The highest BCUT2D eigenvalue weighted by molar-refractivity contribution is 8.05. The molecule has 2 unspecified atom stereocenters. The van der Waals surface area contributed by atoms with Gasteiger partial charge in [-0.2, -0.15) is 4.40 Å². The first kappa shape index (κ1) is 15.0. The maximum atomic E-state index is 5.90. The molecule has 0 saturated carbocycles. The molecule has 0 spiro atoms. The van der Waals surface area contributed by atoms with E-state index < -0.39 is 10.5 Å². The van der Waals surface area contributed by atoms with Gasteiger partial charge in [-0.25, -0.2) is 0 Å². The third kappa shape index (κ3) is 3.57. The predicted molar refractivity (Wildman–Crippen MR) is 86.2 cm³/mol. The third-order valence-corrected chi connectivity index (χ3v) is 4.11. The van der Waals surface area contributed by atoms with Crippen LogP contribution < -0.4 is 10.1 Å². The number of hydrogen-bond donors (Lipinski definition) is 2. The highest BCUT2D eigenvalue weighted by Crippen LogP contribution is 2.22. The second kappa shape index (κ2) is 6.84. The largest absolute Gasteiger partial charge is 0.497 e. The fraction of sp³-hybridized carbons (Fsp3) is 0.467. The minimum Gasteiger partial charge on any atom is -0.497 e. The lowest BCUT2D eigenvalue weighted by Gasteiger charge is -2.21. The van der Waals surface area contributed by atoms with E-state index in [0.717, 1.165) is 29.8 Å². The average molecular weight is 294 g/mol. The molecule has 1 heterocycles. The zero-order chi connectivity index (χ0) is 14.5. The molecule has 4 nitrogen and oxygen atoms in total. The number of thiol groups is 1. The molecule has 2 atom stereocenters. The van der Waals surface area contributed by atoms with E-state index in [1.165, 1.54) is 0 Å². The van der Waals surface area contributed by atoms with Crippen LogP contribution in [0.1, 0.15) is 24.5 Å². The van der Waals surface area contributed by atoms with Gasteiger partial charge < -0.3 is 9.47 Å². The van der Waals surface area contributed by atoms with Gasteiger partial charge in [0.2, 0.25) is 12.1 Å². The molecule has 110 valence electrons. The Morgan fingerprint density at radius 3 is 2.95 bits per heavy atom. The van der Waals surface area contributed by atoms with E-state index in [0.29, 0.717) is 5.90 Å². The van der Waals surface area contributed by atoms with Gasteiger partial charge in [0, 0.05) is 5.56 Å². The Hall–Kier alpha value is -1.42. The van der Waals surface area contributed by atoms with Crippen molar-refractivity contribution in [1.82, 2.24) is 5.32 Å². The molecule has 1 aliphatic heterocycles. The molecular weight excluding hydrogens is 272 g/mol. The Labute approximate surface area is 122 Å². The van der Waals surface area contributed by atoms with Crippen LogP contribution in [0, 0.1) is 12.1 Å². The summed E-state index contributed by atoms with van der Waals surface area (Å²) in [4.78, 5) is 0. The van der Waals surface area contributed by atoms with E-state index >= 15 is 0 Å². The summed E-state index contributed by atoms with van der Waals surface area (Å²) in [5.41, 5.74) is 2.12. The quantitative estimate of drug-likeness (QED) is 0.820. The zero-order valence-corrected chi connectivity index (χ0v) is 13.3. The molecule has 0 radical (unpaired) electrons. The molecule has 0 aromatic heterocycles. The number of rotatable bonds is 5. The lowest BCUT2D eigenvalue weighted by molar-refractivity contribution is 0.208. The summed E-state index contributed by atoms with van der Waals surface area (Å²) in [5, 5.41) is 6.63. The van der Waals surface area contributed by atoms with Gasteiger partial charge in [-0.05, 0) is 49.9 Å². The van der Waals surface area contributed by atoms with Gasteiger partial charge in [-0.3, -0.25) is 5.32 Å². The van der Waals surface area contributed by atoms with Crippen LogP contribution in [0.5, 0.6) is 5.75 Å². The first-order valence-corrected chi connectivity index (χ1v) is 8.51. The third-order valence-electron chi connectivity index (χ3n) is 3.02. The van der Waals surface area contributed by atoms with Crippen molar-refractivity contribution in [3.63, 3.8) is 0 Å². The normalized spacial score (nSPS) is 21.3. The monoisotopic (exact) mass is 294 g/mol. The number of hydrogen-bond acceptors (Lipinski definition) is 4. The molecule has 0 saturated heterocycles. The van der Waals surface area contributed by atoms with Crippen LogP contribution in [0.15, 0.2) is 22.6 Å². The summed E-state index contributed by atoms with van der Waals surface area (Å²) >= 11 is 0. The van der Waals surface area contributed by atoms with Gasteiger partial charge in [0.05, 0.1) is 7.11 Å². The molecule has 1 aliphatic rings. The second-order valence-corrected chi connectivity index (χ2v) is 6.20. The van der Waals surface area contributed by atoms with Gasteiger partial charge in [0.15, 0.2) is 0 Å². The van der Waals surface area contributed by atoms with Crippen LogP contribution in [0.2, 0.25) is 0 Å². The number of benzene rings is 1. The van der Waals surface area contributed by atoms with Crippen LogP contribution in [-0.2, 0) is 4.74 Å². The summed E-state index contributed by atoms with van der Waals surface area (Å²) in [5.74, 6) is 1.55. The fourth-order valence-electron chi connectivity index (χ4n) is 1.98. The zero-order valence-electron chi connectivity index (χ0n) is 12.4. The topological polar surface area (TPSA) is 42.9 Å². The average Bonchev–Trinajstić information content (AvgIpc) is 2.44. The first-order valence-electron chi connectivity index (χ1n) is 6.77. The van der Waals surface area contributed by atoms with Crippen LogP contribution in [0.25, 0.3) is 0 Å². The number of methoxy groups -OCH3 is 1. The Bertz CT molecular complexity index is 599. The molecule has 0 aliphatic carbocycles. The van der Waals surface area contributed by atoms with Crippen molar-refractivity contribution in [2.75, 3.05) is 19.9 Å². The van der Waals surface area contributed by atoms with Gasteiger partial charge >= 0.3 is 0 Å². The first-order chi connectivity index (χ1) is 9.63. The van der Waals surface area contributed by atoms with Gasteiger partial charge in [-0.15, -0.1) is 0 Å². The SMILES string of the molecule is CCCNC1C#[SH](C)N=C(c2ccc(OC)cc2C)O1. The summed E-state index contributed by atoms with van der Waals surface area (Å²) in [6, 6.07) is 5.93. The lowest BCUT2D eigenvalue weighted by atomic mass is 10.1. The smallest absolute Gasteiger partial charge is 0.229 e. The number of nitrogens with zero attached hydrogens (tertiary/aromatic N) is 1. The molecule has 0 fully saturated rings. The number of aryl methyl sites for hydroxylation is 1. The minimum atomic E-state index is -0.615. The van der Waals surface area contributed by atoms with Crippen LogP contribution in [-0.4, -0.2) is 32.0 Å². The Morgan fingerprint density at radius 2 is 2.30 bits per heavy atom. The summed E-state index contributed by atoms with van der Waals surface area (Å²) < 4.78 is 15.7. The molecule has 0 bridgehead atoms. The van der Waals surface area contributed by atoms with Crippen LogP contribution in [0.4, 0.5) is 0 Å². The van der Waals surface area contributed by atoms with E-state index in [-0.39, 0.29) is 6.23 Å². The molecule has 1 N–H and O–H groups in total. The molecule has 2 rings (SSSR count). The van der Waals surface area contributed by atoms with Crippen molar-refractivity contribution >= 4 is 16.4 Å². The molecule has 1 aromatic rings.